The molecule has 0 spiro atoms. The average molecular weight is 223 g/mol. The van der Waals surface area contributed by atoms with Crippen molar-refractivity contribution in [2.24, 2.45) is 0 Å². The smallest absolute Gasteiger partial charge is 0.0958 e. The van der Waals surface area contributed by atoms with Gasteiger partial charge in [-0.25, -0.2) is 4.98 Å². The molecule has 0 fully saturated rings. The Kier molecular flexibility index (Phi) is 1.17. The first-order valence-corrected chi connectivity index (χ1v) is 4.77. The molecule has 0 unspecified atom stereocenters. The Morgan fingerprint density at radius 2 is 2.33 bits per heavy atom. The summed E-state index contributed by atoms with van der Waals surface area (Å²) in [6.07, 6.45) is 3.07. The highest BCUT2D eigenvalue weighted by Gasteiger charge is 2.14. The number of hydrogen-bond acceptors (Lipinski definition) is 1. The van der Waals surface area contributed by atoms with Crippen LogP contribution < -0.4 is 0 Å². The van der Waals surface area contributed by atoms with E-state index in [1.165, 1.54) is 11.1 Å². The lowest BCUT2D eigenvalue weighted by Gasteiger charge is -1.94. The Balaban J connectivity index is 2.55. The third-order valence-electron chi connectivity index (χ3n) is 2.38. The summed E-state index contributed by atoms with van der Waals surface area (Å²) in [4.78, 5) is 4.32. The van der Waals surface area contributed by atoms with Crippen LogP contribution in [0.3, 0.4) is 0 Å². The zero-order valence-electron chi connectivity index (χ0n) is 6.42. The highest BCUT2D eigenvalue weighted by molar-refractivity contribution is 9.10. The summed E-state index contributed by atoms with van der Waals surface area (Å²) in [6, 6.07) is 4.26. The topological polar surface area (TPSA) is 17.8 Å². The van der Waals surface area contributed by atoms with Crippen molar-refractivity contribution in [2.45, 2.75) is 13.0 Å². The Labute approximate surface area is 78.3 Å². The Morgan fingerprint density at radius 1 is 1.42 bits per heavy atom. The van der Waals surface area contributed by atoms with Gasteiger partial charge in [-0.15, -0.1) is 0 Å². The quantitative estimate of drug-likeness (QED) is 0.670. The monoisotopic (exact) mass is 222 g/mol. The molecule has 0 aliphatic carbocycles. The van der Waals surface area contributed by atoms with Gasteiger partial charge in [0.25, 0.3) is 0 Å². The maximum absolute atomic E-state index is 4.32. The molecule has 1 aromatic carbocycles. The van der Waals surface area contributed by atoms with Gasteiger partial charge in [0.1, 0.15) is 0 Å². The van der Waals surface area contributed by atoms with Crippen LogP contribution in [0.5, 0.6) is 0 Å². The number of benzene rings is 1. The van der Waals surface area contributed by atoms with Gasteiger partial charge in [0, 0.05) is 11.0 Å². The summed E-state index contributed by atoms with van der Waals surface area (Å²) < 4.78 is 3.36. The highest BCUT2D eigenvalue weighted by Crippen LogP contribution is 2.28. The van der Waals surface area contributed by atoms with Crippen LogP contribution in [0.4, 0.5) is 0 Å². The minimum absolute atomic E-state index is 1.09. The molecule has 0 atom stereocenters. The van der Waals surface area contributed by atoms with E-state index in [4.69, 9.17) is 0 Å². The maximum atomic E-state index is 4.32. The van der Waals surface area contributed by atoms with Crippen molar-refractivity contribution in [3.8, 4) is 0 Å². The molecular formula is C9H7BrN2. The molecule has 0 bridgehead atoms. The fraction of sp³-hybridized carbons (Fsp3) is 0.222. The van der Waals surface area contributed by atoms with Gasteiger partial charge in [-0.2, -0.15) is 0 Å². The fourth-order valence-electron chi connectivity index (χ4n) is 1.86. The maximum Gasteiger partial charge on any atom is 0.0958 e. The molecular weight excluding hydrogens is 216 g/mol. The molecule has 1 aliphatic heterocycles. The van der Waals surface area contributed by atoms with Crippen molar-refractivity contribution in [3.05, 3.63) is 28.5 Å². The lowest BCUT2D eigenvalue weighted by molar-refractivity contribution is 0.761. The lowest BCUT2D eigenvalue weighted by Crippen LogP contribution is -1.87. The molecule has 0 saturated carbocycles. The lowest BCUT2D eigenvalue weighted by atomic mass is 10.2. The van der Waals surface area contributed by atoms with E-state index >= 15 is 0 Å². The standard InChI is InChI=1S/C9H7BrN2/c10-7-3-6-1-2-12-5-11-8(4-7)9(6)12/h3-5H,1-2H2. The number of aryl methyl sites for hydroxylation is 2. The zero-order chi connectivity index (χ0) is 8.13. The highest BCUT2D eigenvalue weighted by atomic mass is 79.9. The van der Waals surface area contributed by atoms with Crippen LogP contribution in [0.25, 0.3) is 11.0 Å². The van der Waals surface area contributed by atoms with Crippen LogP contribution in [0, 0.1) is 0 Å². The molecule has 2 nitrogen and oxygen atoms in total. The van der Waals surface area contributed by atoms with Gasteiger partial charge in [0.2, 0.25) is 0 Å². The molecule has 3 heteroatoms. The van der Waals surface area contributed by atoms with Gasteiger partial charge in [0.15, 0.2) is 0 Å². The molecule has 1 aliphatic rings. The van der Waals surface area contributed by atoms with Gasteiger partial charge in [-0.3, -0.25) is 0 Å². The molecule has 12 heavy (non-hydrogen) atoms. The van der Waals surface area contributed by atoms with E-state index in [-0.39, 0.29) is 0 Å². The van der Waals surface area contributed by atoms with Crippen LogP contribution in [-0.2, 0) is 13.0 Å². The number of nitrogens with zero attached hydrogens (tertiary/aromatic N) is 2. The molecule has 0 N–H and O–H groups in total. The Bertz CT molecular complexity index is 459. The van der Waals surface area contributed by atoms with Crippen molar-refractivity contribution in [1.82, 2.24) is 9.55 Å². The molecule has 2 aromatic rings. The molecule has 60 valence electrons. The number of rotatable bonds is 0. The first kappa shape index (κ1) is 6.66. The number of halogens is 1. The van der Waals surface area contributed by atoms with E-state index in [0.29, 0.717) is 0 Å². The summed E-state index contributed by atoms with van der Waals surface area (Å²) in [5.41, 5.74) is 3.84. The minimum atomic E-state index is 1.09. The summed E-state index contributed by atoms with van der Waals surface area (Å²) in [5.74, 6) is 0. The Morgan fingerprint density at radius 3 is 3.25 bits per heavy atom. The minimum Gasteiger partial charge on any atom is -0.330 e. The summed E-state index contributed by atoms with van der Waals surface area (Å²) in [7, 11) is 0. The number of imidazole rings is 1. The number of hydrogen-bond donors (Lipinski definition) is 0. The summed E-state index contributed by atoms with van der Waals surface area (Å²) in [6.45, 7) is 1.09. The fourth-order valence-corrected chi connectivity index (χ4v) is 2.35. The van der Waals surface area contributed by atoms with Gasteiger partial charge in [-0.1, -0.05) is 15.9 Å². The van der Waals surface area contributed by atoms with E-state index in [9.17, 15) is 0 Å². The predicted molar refractivity (Wildman–Crippen MR) is 51.1 cm³/mol. The molecule has 0 saturated heterocycles. The van der Waals surface area contributed by atoms with Gasteiger partial charge >= 0.3 is 0 Å². The zero-order valence-corrected chi connectivity index (χ0v) is 8.00. The van der Waals surface area contributed by atoms with Gasteiger partial charge in [0.05, 0.1) is 17.4 Å². The van der Waals surface area contributed by atoms with Crippen molar-refractivity contribution >= 4 is 27.0 Å². The van der Waals surface area contributed by atoms with Crippen molar-refractivity contribution in [1.29, 1.82) is 0 Å². The summed E-state index contributed by atoms with van der Waals surface area (Å²) in [5, 5.41) is 0. The third kappa shape index (κ3) is 0.719. The van der Waals surface area contributed by atoms with Crippen LogP contribution in [-0.4, -0.2) is 9.55 Å². The van der Waals surface area contributed by atoms with Crippen LogP contribution in [0.2, 0.25) is 0 Å². The second-order valence-electron chi connectivity index (χ2n) is 3.12. The van der Waals surface area contributed by atoms with E-state index < -0.39 is 0 Å². The SMILES string of the molecule is Brc1cc2c3c(c1)ncn3CC2. The largest absolute Gasteiger partial charge is 0.330 e. The molecule has 0 amide bonds. The first-order valence-electron chi connectivity index (χ1n) is 3.98. The summed E-state index contributed by atoms with van der Waals surface area (Å²) >= 11 is 3.48. The molecule has 0 radical (unpaired) electrons. The van der Waals surface area contributed by atoms with E-state index in [1.807, 2.05) is 6.33 Å². The van der Waals surface area contributed by atoms with E-state index in [2.05, 4.69) is 37.6 Å². The van der Waals surface area contributed by atoms with E-state index in [1.54, 1.807) is 0 Å². The molecule has 1 aromatic heterocycles. The second kappa shape index (κ2) is 2.10. The molecule has 2 heterocycles. The number of aromatic nitrogens is 2. The average Bonchev–Trinajstić information content (AvgIpc) is 2.59. The van der Waals surface area contributed by atoms with Gasteiger partial charge < -0.3 is 4.57 Å². The Hall–Kier alpha value is -0.830. The molecule has 3 rings (SSSR count). The normalized spacial score (nSPS) is 14.4. The van der Waals surface area contributed by atoms with Gasteiger partial charge in [-0.05, 0) is 24.1 Å². The van der Waals surface area contributed by atoms with Crippen LogP contribution in [0.1, 0.15) is 5.56 Å². The van der Waals surface area contributed by atoms with Crippen LogP contribution in [0.15, 0.2) is 22.9 Å². The first-order chi connectivity index (χ1) is 5.84. The van der Waals surface area contributed by atoms with Crippen molar-refractivity contribution < 1.29 is 0 Å². The van der Waals surface area contributed by atoms with E-state index in [0.717, 1.165) is 23.0 Å². The second-order valence-corrected chi connectivity index (χ2v) is 4.04. The third-order valence-corrected chi connectivity index (χ3v) is 2.84. The predicted octanol–water partition coefficient (Wildman–Crippen LogP) is 2.35. The van der Waals surface area contributed by atoms with Crippen molar-refractivity contribution in [2.75, 3.05) is 0 Å². The van der Waals surface area contributed by atoms with Crippen molar-refractivity contribution in [3.63, 3.8) is 0 Å². The van der Waals surface area contributed by atoms with Crippen LogP contribution >= 0.6 is 15.9 Å².